The monoisotopic (exact) mass is 304 g/mol. The van der Waals surface area contributed by atoms with E-state index >= 15 is 0 Å². The first-order chi connectivity index (χ1) is 10.2. The summed E-state index contributed by atoms with van der Waals surface area (Å²) in [6.07, 6.45) is 4.73. The van der Waals surface area contributed by atoms with Crippen molar-refractivity contribution in [2.75, 3.05) is 5.73 Å². The Morgan fingerprint density at radius 1 is 1.10 bits per heavy atom. The van der Waals surface area contributed by atoms with Crippen LogP contribution in [0, 0.1) is 5.82 Å². The van der Waals surface area contributed by atoms with Gasteiger partial charge in [0.05, 0.1) is 5.75 Å². The molecule has 6 heteroatoms. The molecule has 0 aliphatic heterocycles. The molecular weight excluding hydrogens is 287 g/mol. The summed E-state index contributed by atoms with van der Waals surface area (Å²) in [7, 11) is 0. The number of hydrogen-bond acceptors (Lipinski definition) is 5. The second-order valence-corrected chi connectivity index (χ2v) is 6.24. The van der Waals surface area contributed by atoms with Crippen LogP contribution in [0.2, 0.25) is 0 Å². The minimum Gasteiger partial charge on any atom is -0.368 e. The second-order valence-electron chi connectivity index (χ2n) is 5.19. The normalized spacial score (nSPS) is 15.5. The number of aromatic nitrogens is 3. The minimum absolute atomic E-state index is 0.229. The number of benzene rings is 1. The van der Waals surface area contributed by atoms with Crippen LogP contribution in [0.15, 0.2) is 29.2 Å². The van der Waals surface area contributed by atoms with Crippen LogP contribution >= 0.6 is 11.8 Å². The van der Waals surface area contributed by atoms with E-state index in [1.165, 1.54) is 25.0 Å². The van der Waals surface area contributed by atoms with Gasteiger partial charge in [-0.15, -0.1) is 11.8 Å². The summed E-state index contributed by atoms with van der Waals surface area (Å²) in [6, 6.07) is 6.41. The van der Waals surface area contributed by atoms with E-state index in [2.05, 4.69) is 15.0 Å². The Morgan fingerprint density at radius 3 is 2.52 bits per heavy atom. The number of thioether (sulfide) groups is 1. The van der Waals surface area contributed by atoms with Crippen LogP contribution in [-0.4, -0.2) is 15.0 Å². The molecule has 0 radical (unpaired) electrons. The van der Waals surface area contributed by atoms with Crippen molar-refractivity contribution in [3.63, 3.8) is 0 Å². The van der Waals surface area contributed by atoms with E-state index in [4.69, 9.17) is 5.73 Å². The van der Waals surface area contributed by atoms with E-state index in [0.717, 1.165) is 23.6 Å². The Labute approximate surface area is 127 Å². The lowest BCUT2D eigenvalue weighted by Gasteiger charge is -2.09. The van der Waals surface area contributed by atoms with Gasteiger partial charge in [-0.05, 0) is 37.1 Å². The molecule has 110 valence electrons. The molecule has 21 heavy (non-hydrogen) atoms. The highest BCUT2D eigenvalue weighted by Gasteiger charge is 2.21. The lowest BCUT2D eigenvalue weighted by Crippen LogP contribution is -2.09. The molecule has 4 nitrogen and oxygen atoms in total. The van der Waals surface area contributed by atoms with Crippen LogP contribution in [0.4, 0.5) is 10.3 Å². The highest BCUT2D eigenvalue weighted by atomic mass is 32.2. The van der Waals surface area contributed by atoms with Gasteiger partial charge in [-0.3, -0.25) is 0 Å². The van der Waals surface area contributed by atoms with Crippen molar-refractivity contribution in [1.29, 1.82) is 0 Å². The van der Waals surface area contributed by atoms with Crippen LogP contribution < -0.4 is 5.73 Å². The van der Waals surface area contributed by atoms with Gasteiger partial charge in [0.15, 0.2) is 0 Å². The maximum Gasteiger partial charge on any atom is 0.223 e. The summed E-state index contributed by atoms with van der Waals surface area (Å²) >= 11 is 1.57. The predicted molar refractivity (Wildman–Crippen MR) is 81.4 cm³/mol. The van der Waals surface area contributed by atoms with Crippen molar-refractivity contribution in [2.45, 2.75) is 42.2 Å². The Kier molecular flexibility index (Phi) is 4.34. The zero-order valence-corrected chi connectivity index (χ0v) is 12.4. The summed E-state index contributed by atoms with van der Waals surface area (Å²) in [5.41, 5.74) is 5.79. The lowest BCUT2D eigenvalue weighted by atomic mass is 10.1. The standard InChI is InChI=1S/C15H17FN4S/c16-11-5-7-12(8-6-11)21-9-13-18-14(20-15(17)19-13)10-3-1-2-4-10/h5-8,10H,1-4,9H2,(H2,17,18,19,20). The molecular formula is C15H17FN4S. The summed E-state index contributed by atoms with van der Waals surface area (Å²) < 4.78 is 12.9. The van der Waals surface area contributed by atoms with Gasteiger partial charge in [0, 0.05) is 10.8 Å². The maximum absolute atomic E-state index is 12.9. The number of nitrogens with zero attached hydrogens (tertiary/aromatic N) is 3. The van der Waals surface area contributed by atoms with Gasteiger partial charge in [0.25, 0.3) is 0 Å². The van der Waals surface area contributed by atoms with Crippen molar-refractivity contribution in [1.82, 2.24) is 15.0 Å². The number of rotatable bonds is 4. The van der Waals surface area contributed by atoms with Gasteiger partial charge >= 0.3 is 0 Å². The zero-order chi connectivity index (χ0) is 14.7. The number of hydrogen-bond donors (Lipinski definition) is 1. The van der Waals surface area contributed by atoms with E-state index in [-0.39, 0.29) is 5.82 Å². The molecule has 1 aromatic heterocycles. The van der Waals surface area contributed by atoms with E-state index in [0.29, 0.717) is 23.4 Å². The quantitative estimate of drug-likeness (QED) is 0.875. The van der Waals surface area contributed by atoms with Crippen LogP contribution in [0.5, 0.6) is 0 Å². The highest BCUT2D eigenvalue weighted by Crippen LogP contribution is 2.32. The van der Waals surface area contributed by atoms with E-state index in [9.17, 15) is 4.39 Å². The van der Waals surface area contributed by atoms with Crippen LogP contribution in [0.3, 0.4) is 0 Å². The molecule has 1 fully saturated rings. The fraction of sp³-hybridized carbons (Fsp3) is 0.400. The van der Waals surface area contributed by atoms with E-state index in [1.807, 2.05) is 0 Å². The van der Waals surface area contributed by atoms with Gasteiger partial charge in [0.1, 0.15) is 17.5 Å². The lowest BCUT2D eigenvalue weighted by molar-refractivity contribution is 0.626. The topological polar surface area (TPSA) is 64.7 Å². The molecule has 0 atom stereocenters. The minimum atomic E-state index is -0.229. The van der Waals surface area contributed by atoms with Crippen molar-refractivity contribution in [3.05, 3.63) is 41.7 Å². The molecule has 1 heterocycles. The largest absolute Gasteiger partial charge is 0.368 e. The zero-order valence-electron chi connectivity index (χ0n) is 11.6. The Bertz CT molecular complexity index is 612. The number of anilines is 1. The van der Waals surface area contributed by atoms with Crippen molar-refractivity contribution < 1.29 is 4.39 Å². The first-order valence-electron chi connectivity index (χ1n) is 7.09. The Morgan fingerprint density at radius 2 is 1.81 bits per heavy atom. The molecule has 0 saturated heterocycles. The SMILES string of the molecule is Nc1nc(CSc2ccc(F)cc2)nc(C2CCCC2)n1. The molecule has 1 aliphatic rings. The Hall–Kier alpha value is -1.69. The molecule has 1 aromatic carbocycles. The molecule has 2 aromatic rings. The molecule has 2 N–H and O–H groups in total. The maximum atomic E-state index is 12.9. The average Bonchev–Trinajstić information content (AvgIpc) is 3.00. The summed E-state index contributed by atoms with van der Waals surface area (Å²) in [4.78, 5) is 14.0. The Balaban J connectivity index is 1.71. The molecule has 1 saturated carbocycles. The number of nitrogen functional groups attached to an aromatic ring is 1. The summed E-state index contributed by atoms with van der Waals surface area (Å²) in [6.45, 7) is 0. The van der Waals surface area contributed by atoms with Crippen molar-refractivity contribution >= 4 is 17.7 Å². The molecule has 0 amide bonds. The molecule has 0 bridgehead atoms. The number of halogens is 1. The first-order valence-corrected chi connectivity index (χ1v) is 8.08. The van der Waals surface area contributed by atoms with Crippen molar-refractivity contribution in [2.24, 2.45) is 0 Å². The van der Waals surface area contributed by atoms with Crippen molar-refractivity contribution in [3.8, 4) is 0 Å². The van der Waals surface area contributed by atoms with E-state index in [1.54, 1.807) is 23.9 Å². The third kappa shape index (κ3) is 3.69. The average molecular weight is 304 g/mol. The molecule has 3 rings (SSSR count). The summed E-state index contributed by atoms with van der Waals surface area (Å²) in [5.74, 6) is 2.62. The van der Waals surface area contributed by atoms with Gasteiger partial charge in [0.2, 0.25) is 5.95 Å². The van der Waals surface area contributed by atoms with Gasteiger partial charge in [-0.25, -0.2) is 9.37 Å². The smallest absolute Gasteiger partial charge is 0.223 e. The molecule has 0 unspecified atom stereocenters. The van der Waals surface area contributed by atoms with Gasteiger partial charge in [-0.2, -0.15) is 9.97 Å². The predicted octanol–water partition coefficient (Wildman–Crippen LogP) is 3.54. The highest BCUT2D eigenvalue weighted by molar-refractivity contribution is 7.98. The third-order valence-corrected chi connectivity index (χ3v) is 4.63. The molecule has 0 spiro atoms. The number of nitrogens with two attached hydrogens (primary N) is 1. The fourth-order valence-corrected chi connectivity index (χ4v) is 3.32. The third-order valence-electron chi connectivity index (χ3n) is 3.62. The summed E-state index contributed by atoms with van der Waals surface area (Å²) in [5, 5.41) is 0. The van der Waals surface area contributed by atoms with E-state index < -0.39 is 0 Å². The molecule has 1 aliphatic carbocycles. The first kappa shape index (κ1) is 14.3. The fourth-order valence-electron chi connectivity index (χ4n) is 2.57. The van der Waals surface area contributed by atoms with Gasteiger partial charge < -0.3 is 5.73 Å². The van der Waals surface area contributed by atoms with Crippen LogP contribution in [-0.2, 0) is 5.75 Å². The second kappa shape index (κ2) is 6.39. The van der Waals surface area contributed by atoms with Gasteiger partial charge in [-0.1, -0.05) is 12.8 Å². The van der Waals surface area contributed by atoms with Crippen LogP contribution in [0.25, 0.3) is 0 Å². The van der Waals surface area contributed by atoms with Crippen LogP contribution in [0.1, 0.15) is 43.3 Å².